The molecule has 0 aliphatic heterocycles. The van der Waals surface area contributed by atoms with Gasteiger partial charge in [0.2, 0.25) is 17.4 Å². The molecule has 1 aromatic rings. The number of halogens is 4. The molecule has 0 spiro atoms. The Balaban J connectivity index is 0.00000137. The molecule has 0 fully saturated rings. The minimum atomic E-state index is -1.73. The van der Waals surface area contributed by atoms with Crippen LogP contribution in [-0.4, -0.2) is 5.97 Å². The number of rotatable bonds is 2. The molecule has 0 unspecified atom stereocenters. The molecule has 0 radical (unpaired) electrons. The zero-order valence-electron chi connectivity index (χ0n) is 10.5. The molecule has 0 bridgehead atoms. The maximum absolute atomic E-state index is 13.0. The van der Waals surface area contributed by atoms with E-state index in [2.05, 4.69) is 4.74 Å². The highest BCUT2D eigenvalue weighted by Crippen LogP contribution is 2.26. The van der Waals surface area contributed by atoms with Crippen LogP contribution in [0.5, 0.6) is 5.75 Å². The van der Waals surface area contributed by atoms with Crippen LogP contribution in [0.2, 0.25) is 0 Å². The van der Waals surface area contributed by atoms with Gasteiger partial charge in [-0.05, 0) is 0 Å². The third kappa shape index (κ3) is 3.72. The molecule has 1 aromatic carbocycles. The summed E-state index contributed by atoms with van der Waals surface area (Å²) in [5.74, 6) is -9.71. The number of hydrogen-bond acceptors (Lipinski definition) is 2. The third-order valence-electron chi connectivity index (χ3n) is 1.75. The number of hydrogen-bond donors (Lipinski definition) is 0. The lowest BCUT2D eigenvalue weighted by molar-refractivity contribution is -0.138. The van der Waals surface area contributed by atoms with Crippen LogP contribution in [0.4, 0.5) is 17.6 Å². The molecule has 0 heterocycles. The van der Waals surface area contributed by atoms with Crippen molar-refractivity contribution in [1.82, 2.24) is 0 Å². The molecule has 0 N–H and O–H groups in total. The number of benzene rings is 1. The maximum Gasteiger partial charge on any atom is 0.313 e. The average Bonchev–Trinajstić information content (AvgIpc) is 2.34. The molecule has 102 valence electrons. The van der Waals surface area contributed by atoms with E-state index in [1.54, 1.807) is 0 Å². The molecule has 6 heteroatoms. The highest BCUT2D eigenvalue weighted by Gasteiger charge is 2.23. The van der Waals surface area contributed by atoms with Gasteiger partial charge in [0.25, 0.3) is 0 Å². The Bertz CT molecular complexity index is 404. The van der Waals surface area contributed by atoms with Gasteiger partial charge < -0.3 is 4.74 Å². The second kappa shape index (κ2) is 6.98. The number of ether oxygens (including phenoxy) is 1. The van der Waals surface area contributed by atoms with E-state index in [1.165, 1.54) is 13.8 Å². The summed E-state index contributed by atoms with van der Waals surface area (Å²) < 4.78 is 55.6. The van der Waals surface area contributed by atoms with E-state index in [4.69, 9.17) is 0 Å². The smallest absolute Gasteiger partial charge is 0.313 e. The van der Waals surface area contributed by atoms with E-state index in [0.29, 0.717) is 0 Å². The predicted octanol–water partition coefficient (Wildman–Crippen LogP) is 3.83. The van der Waals surface area contributed by atoms with Crippen LogP contribution in [0, 0.1) is 29.2 Å². The van der Waals surface area contributed by atoms with Crippen molar-refractivity contribution in [3.63, 3.8) is 0 Å². The Morgan fingerprint density at radius 2 is 1.44 bits per heavy atom. The lowest BCUT2D eigenvalue weighted by atomic mass is 10.2. The SMILES string of the molecule is CC.CC(C)C(=O)Oc1c(F)c(F)cc(F)c1F. The first kappa shape index (κ1) is 16.4. The molecule has 0 amide bonds. The van der Waals surface area contributed by atoms with Gasteiger partial charge in [-0.2, -0.15) is 8.78 Å². The minimum absolute atomic E-state index is 0.0391. The van der Waals surface area contributed by atoms with Crippen molar-refractivity contribution in [2.24, 2.45) is 5.92 Å². The Labute approximate surface area is 103 Å². The summed E-state index contributed by atoms with van der Waals surface area (Å²) in [5.41, 5.74) is 0. The van der Waals surface area contributed by atoms with E-state index < -0.39 is 40.9 Å². The van der Waals surface area contributed by atoms with Crippen molar-refractivity contribution in [2.75, 3.05) is 0 Å². The van der Waals surface area contributed by atoms with Crippen molar-refractivity contribution in [3.05, 3.63) is 29.3 Å². The fourth-order valence-corrected chi connectivity index (χ4v) is 0.859. The second-order valence-corrected chi connectivity index (χ2v) is 3.37. The van der Waals surface area contributed by atoms with Crippen LogP contribution < -0.4 is 4.74 Å². The molecule has 18 heavy (non-hydrogen) atoms. The second-order valence-electron chi connectivity index (χ2n) is 3.37. The maximum atomic E-state index is 13.0. The molecule has 0 saturated heterocycles. The normalized spacial score (nSPS) is 9.83. The fraction of sp³-hybridized carbons (Fsp3) is 0.417. The van der Waals surface area contributed by atoms with Gasteiger partial charge in [0.1, 0.15) is 0 Å². The van der Waals surface area contributed by atoms with Gasteiger partial charge in [-0.25, -0.2) is 8.78 Å². The summed E-state index contributed by atoms with van der Waals surface area (Å²) in [6.07, 6.45) is 0. The van der Waals surface area contributed by atoms with Gasteiger partial charge in [-0.1, -0.05) is 27.7 Å². The third-order valence-corrected chi connectivity index (χ3v) is 1.75. The van der Waals surface area contributed by atoms with Gasteiger partial charge in [0.15, 0.2) is 11.6 Å². The quantitative estimate of drug-likeness (QED) is 0.352. The predicted molar refractivity (Wildman–Crippen MR) is 58.1 cm³/mol. The van der Waals surface area contributed by atoms with Crippen LogP contribution in [-0.2, 0) is 4.79 Å². The molecule has 0 aliphatic rings. The summed E-state index contributed by atoms with van der Waals surface area (Å²) in [4.78, 5) is 11.0. The first-order valence-electron chi connectivity index (χ1n) is 5.39. The van der Waals surface area contributed by atoms with Crippen LogP contribution in [0.15, 0.2) is 6.07 Å². The Morgan fingerprint density at radius 1 is 1.06 bits per heavy atom. The van der Waals surface area contributed by atoms with Gasteiger partial charge in [0.05, 0.1) is 5.92 Å². The highest BCUT2D eigenvalue weighted by atomic mass is 19.2. The topological polar surface area (TPSA) is 26.3 Å². The largest absolute Gasteiger partial charge is 0.420 e. The van der Waals surface area contributed by atoms with Gasteiger partial charge in [-0.3, -0.25) is 4.79 Å². The molecular weight excluding hydrogens is 252 g/mol. The fourth-order valence-electron chi connectivity index (χ4n) is 0.859. The van der Waals surface area contributed by atoms with Crippen molar-refractivity contribution in [1.29, 1.82) is 0 Å². The lowest BCUT2D eigenvalue weighted by Crippen LogP contribution is -2.17. The molecular formula is C12H14F4O2. The van der Waals surface area contributed by atoms with E-state index in [0.717, 1.165) is 0 Å². The first-order chi connectivity index (χ1) is 8.34. The van der Waals surface area contributed by atoms with Crippen LogP contribution in [0.25, 0.3) is 0 Å². The minimum Gasteiger partial charge on any atom is -0.420 e. The summed E-state index contributed by atoms with van der Waals surface area (Å²) in [7, 11) is 0. The molecule has 1 rings (SSSR count). The van der Waals surface area contributed by atoms with Crippen LogP contribution >= 0.6 is 0 Å². The Kier molecular flexibility index (Phi) is 6.36. The lowest BCUT2D eigenvalue weighted by Gasteiger charge is -2.09. The first-order valence-corrected chi connectivity index (χ1v) is 5.39. The van der Waals surface area contributed by atoms with E-state index in [1.807, 2.05) is 13.8 Å². The van der Waals surface area contributed by atoms with Crippen molar-refractivity contribution >= 4 is 5.97 Å². The Hall–Kier alpha value is -1.59. The highest BCUT2D eigenvalue weighted by molar-refractivity contribution is 5.74. The zero-order chi connectivity index (χ0) is 14.5. The number of esters is 1. The van der Waals surface area contributed by atoms with Gasteiger partial charge in [0, 0.05) is 6.07 Å². The number of carbonyl (C=O) groups excluding carboxylic acids is 1. The zero-order valence-corrected chi connectivity index (χ0v) is 10.5. The summed E-state index contributed by atoms with van der Waals surface area (Å²) in [6, 6.07) is 0.0391. The molecule has 0 aromatic heterocycles. The Morgan fingerprint density at radius 3 is 1.78 bits per heavy atom. The summed E-state index contributed by atoms with van der Waals surface area (Å²) >= 11 is 0. The average molecular weight is 266 g/mol. The molecule has 2 nitrogen and oxygen atoms in total. The van der Waals surface area contributed by atoms with Gasteiger partial charge >= 0.3 is 5.97 Å². The van der Waals surface area contributed by atoms with E-state index in [-0.39, 0.29) is 6.07 Å². The van der Waals surface area contributed by atoms with Gasteiger partial charge in [-0.15, -0.1) is 0 Å². The number of carbonyl (C=O) groups is 1. The van der Waals surface area contributed by atoms with Crippen molar-refractivity contribution < 1.29 is 27.1 Å². The van der Waals surface area contributed by atoms with Crippen molar-refractivity contribution in [2.45, 2.75) is 27.7 Å². The monoisotopic (exact) mass is 266 g/mol. The molecule has 0 saturated carbocycles. The van der Waals surface area contributed by atoms with Crippen molar-refractivity contribution in [3.8, 4) is 5.75 Å². The molecule has 0 aliphatic carbocycles. The summed E-state index contributed by atoms with van der Waals surface area (Å²) in [6.45, 7) is 6.82. The van der Waals surface area contributed by atoms with Crippen LogP contribution in [0.3, 0.4) is 0 Å². The molecule has 0 atom stereocenters. The van der Waals surface area contributed by atoms with E-state index >= 15 is 0 Å². The standard InChI is InChI=1S/C10H8F4O2.C2H6/c1-4(2)10(15)16-9-7(13)5(11)3-6(12)8(9)14;1-2/h3-4H,1-2H3;1-2H3. The van der Waals surface area contributed by atoms with E-state index in [9.17, 15) is 22.4 Å². The van der Waals surface area contributed by atoms with Crippen LogP contribution in [0.1, 0.15) is 27.7 Å². The summed E-state index contributed by atoms with van der Waals surface area (Å²) in [5, 5.41) is 0.